The van der Waals surface area contributed by atoms with E-state index in [0.29, 0.717) is 16.8 Å². The predicted molar refractivity (Wildman–Crippen MR) is 82.8 cm³/mol. The van der Waals surface area contributed by atoms with Gasteiger partial charge in [-0.15, -0.1) is 0 Å². The largest absolute Gasteiger partial charge is 0.311 e. The van der Waals surface area contributed by atoms with Gasteiger partial charge in [-0.05, 0) is 58.7 Å². The smallest absolute Gasteiger partial charge is 0.259 e. The second-order valence-electron chi connectivity index (χ2n) is 4.51. The predicted octanol–water partition coefficient (Wildman–Crippen LogP) is 3.91. The highest BCUT2D eigenvalue weighted by molar-refractivity contribution is 9.10. The molecular weight excluding hydrogens is 316 g/mol. The summed E-state index contributed by atoms with van der Waals surface area (Å²) >= 11 is 3.42. The van der Waals surface area contributed by atoms with E-state index in [4.69, 9.17) is 5.26 Å². The van der Waals surface area contributed by atoms with E-state index in [-0.39, 0.29) is 5.91 Å². The van der Waals surface area contributed by atoms with E-state index in [1.165, 1.54) is 4.90 Å². The van der Waals surface area contributed by atoms with Crippen LogP contribution in [0.1, 0.15) is 21.5 Å². The van der Waals surface area contributed by atoms with E-state index >= 15 is 0 Å². The van der Waals surface area contributed by atoms with Crippen LogP contribution in [0.15, 0.2) is 46.9 Å². The van der Waals surface area contributed by atoms with Crippen molar-refractivity contribution >= 4 is 27.5 Å². The number of nitriles is 1. The molecule has 2 aromatic rings. The third kappa shape index (κ3) is 2.89. The van der Waals surface area contributed by atoms with Crippen LogP contribution < -0.4 is 4.90 Å². The van der Waals surface area contributed by atoms with Crippen LogP contribution in [0.2, 0.25) is 0 Å². The average Bonchev–Trinajstić information content (AvgIpc) is 2.46. The minimum atomic E-state index is -0.119. The molecule has 0 aliphatic rings. The summed E-state index contributed by atoms with van der Waals surface area (Å²) in [7, 11) is 1.70. The number of carbonyl (C=O) groups is 1. The number of amides is 1. The SMILES string of the molecule is Cc1ccc(C(=O)N(C)c2cccc(C#N)c2)c(Br)c1. The van der Waals surface area contributed by atoms with Crippen molar-refractivity contribution < 1.29 is 4.79 Å². The number of hydrogen-bond donors (Lipinski definition) is 0. The summed E-state index contributed by atoms with van der Waals surface area (Å²) in [6, 6.07) is 14.7. The minimum absolute atomic E-state index is 0.119. The molecule has 0 saturated heterocycles. The quantitative estimate of drug-likeness (QED) is 0.838. The summed E-state index contributed by atoms with van der Waals surface area (Å²) in [5.74, 6) is -0.119. The monoisotopic (exact) mass is 328 g/mol. The third-order valence-corrected chi connectivity index (χ3v) is 3.68. The average molecular weight is 329 g/mol. The molecule has 100 valence electrons. The summed E-state index contributed by atoms with van der Waals surface area (Å²) in [4.78, 5) is 14.0. The van der Waals surface area contributed by atoms with E-state index in [1.54, 1.807) is 37.4 Å². The molecule has 0 aromatic heterocycles. The Morgan fingerprint density at radius 1 is 1.25 bits per heavy atom. The Hall–Kier alpha value is -2.12. The molecule has 0 aliphatic heterocycles. The zero-order chi connectivity index (χ0) is 14.7. The van der Waals surface area contributed by atoms with Gasteiger partial charge in [0.15, 0.2) is 0 Å². The lowest BCUT2D eigenvalue weighted by molar-refractivity contribution is 0.0992. The highest BCUT2D eigenvalue weighted by Gasteiger charge is 2.16. The minimum Gasteiger partial charge on any atom is -0.311 e. The molecule has 20 heavy (non-hydrogen) atoms. The maximum absolute atomic E-state index is 12.5. The van der Waals surface area contributed by atoms with E-state index in [1.807, 2.05) is 19.1 Å². The van der Waals surface area contributed by atoms with Crippen molar-refractivity contribution in [1.29, 1.82) is 5.26 Å². The van der Waals surface area contributed by atoms with Crippen molar-refractivity contribution in [2.45, 2.75) is 6.92 Å². The highest BCUT2D eigenvalue weighted by atomic mass is 79.9. The van der Waals surface area contributed by atoms with E-state index in [0.717, 1.165) is 10.0 Å². The molecule has 0 fully saturated rings. The van der Waals surface area contributed by atoms with E-state index in [2.05, 4.69) is 22.0 Å². The van der Waals surface area contributed by atoms with Crippen LogP contribution >= 0.6 is 15.9 Å². The number of carbonyl (C=O) groups excluding carboxylic acids is 1. The summed E-state index contributed by atoms with van der Waals surface area (Å²) in [6.07, 6.45) is 0. The normalized spacial score (nSPS) is 9.90. The van der Waals surface area contributed by atoms with Crippen LogP contribution in [0.5, 0.6) is 0 Å². The van der Waals surface area contributed by atoms with Crippen molar-refractivity contribution in [1.82, 2.24) is 0 Å². The molecular formula is C16H13BrN2O. The number of aryl methyl sites for hydroxylation is 1. The van der Waals surface area contributed by atoms with Crippen LogP contribution in [0, 0.1) is 18.3 Å². The first kappa shape index (κ1) is 14.3. The molecule has 0 atom stereocenters. The number of rotatable bonds is 2. The maximum atomic E-state index is 12.5. The molecule has 3 nitrogen and oxygen atoms in total. The molecule has 0 radical (unpaired) electrons. The van der Waals surface area contributed by atoms with Crippen LogP contribution in [0.3, 0.4) is 0 Å². The molecule has 0 N–H and O–H groups in total. The zero-order valence-electron chi connectivity index (χ0n) is 11.2. The fraction of sp³-hybridized carbons (Fsp3) is 0.125. The topological polar surface area (TPSA) is 44.1 Å². The Labute approximate surface area is 126 Å². The number of halogens is 1. The van der Waals surface area contributed by atoms with Crippen LogP contribution in [0.25, 0.3) is 0 Å². The van der Waals surface area contributed by atoms with Crippen molar-refractivity contribution in [3.8, 4) is 6.07 Å². The lowest BCUT2D eigenvalue weighted by Crippen LogP contribution is -2.26. The van der Waals surface area contributed by atoms with Crippen molar-refractivity contribution in [2.75, 3.05) is 11.9 Å². The fourth-order valence-corrected chi connectivity index (χ4v) is 2.54. The van der Waals surface area contributed by atoms with Gasteiger partial charge in [0, 0.05) is 17.2 Å². The van der Waals surface area contributed by atoms with Crippen molar-refractivity contribution in [3.63, 3.8) is 0 Å². The first-order valence-corrected chi connectivity index (χ1v) is 6.86. The van der Waals surface area contributed by atoms with Gasteiger partial charge < -0.3 is 4.90 Å². The molecule has 2 rings (SSSR count). The third-order valence-electron chi connectivity index (χ3n) is 3.02. The maximum Gasteiger partial charge on any atom is 0.259 e. The Balaban J connectivity index is 2.35. The lowest BCUT2D eigenvalue weighted by atomic mass is 10.1. The molecule has 2 aromatic carbocycles. The van der Waals surface area contributed by atoms with Gasteiger partial charge in [-0.3, -0.25) is 4.79 Å². The standard InChI is InChI=1S/C16H13BrN2O/c1-11-6-7-14(15(17)8-11)16(20)19(2)13-5-3-4-12(9-13)10-18/h3-9H,1-2H3. The van der Waals surface area contributed by atoms with E-state index < -0.39 is 0 Å². The molecule has 0 aliphatic carbocycles. The first-order chi connectivity index (χ1) is 9.52. The Morgan fingerprint density at radius 3 is 2.65 bits per heavy atom. The van der Waals surface area contributed by atoms with Gasteiger partial charge in [0.1, 0.15) is 0 Å². The van der Waals surface area contributed by atoms with Crippen molar-refractivity contribution in [3.05, 3.63) is 63.6 Å². The molecule has 0 heterocycles. The molecule has 4 heteroatoms. The Kier molecular flexibility index (Phi) is 4.21. The van der Waals surface area contributed by atoms with Crippen LogP contribution in [-0.2, 0) is 0 Å². The summed E-state index contributed by atoms with van der Waals surface area (Å²) in [5, 5.41) is 8.91. The van der Waals surface area contributed by atoms with Gasteiger partial charge in [0.05, 0.1) is 17.2 Å². The Bertz CT molecular complexity index is 704. The number of anilines is 1. The Morgan fingerprint density at radius 2 is 2.00 bits per heavy atom. The zero-order valence-corrected chi connectivity index (χ0v) is 12.8. The summed E-state index contributed by atoms with van der Waals surface area (Å²) < 4.78 is 0.769. The van der Waals surface area contributed by atoms with Gasteiger partial charge in [0.25, 0.3) is 5.91 Å². The summed E-state index contributed by atoms with van der Waals surface area (Å²) in [5.41, 5.74) is 2.91. The summed E-state index contributed by atoms with van der Waals surface area (Å²) in [6.45, 7) is 1.97. The van der Waals surface area contributed by atoms with Gasteiger partial charge in [0.2, 0.25) is 0 Å². The fourth-order valence-electron chi connectivity index (χ4n) is 1.88. The van der Waals surface area contributed by atoms with Crippen LogP contribution in [-0.4, -0.2) is 13.0 Å². The lowest BCUT2D eigenvalue weighted by Gasteiger charge is -2.18. The second-order valence-corrected chi connectivity index (χ2v) is 5.36. The molecule has 0 unspecified atom stereocenters. The van der Waals surface area contributed by atoms with Crippen molar-refractivity contribution in [2.24, 2.45) is 0 Å². The van der Waals surface area contributed by atoms with Gasteiger partial charge in [-0.1, -0.05) is 12.1 Å². The highest BCUT2D eigenvalue weighted by Crippen LogP contribution is 2.23. The molecule has 1 amide bonds. The van der Waals surface area contributed by atoms with E-state index in [9.17, 15) is 4.79 Å². The molecule has 0 spiro atoms. The van der Waals surface area contributed by atoms with Crippen LogP contribution in [0.4, 0.5) is 5.69 Å². The van der Waals surface area contributed by atoms with Gasteiger partial charge in [-0.2, -0.15) is 5.26 Å². The molecule has 0 bridgehead atoms. The van der Waals surface area contributed by atoms with Gasteiger partial charge >= 0.3 is 0 Å². The number of benzene rings is 2. The number of hydrogen-bond acceptors (Lipinski definition) is 2. The second kappa shape index (κ2) is 5.89. The first-order valence-electron chi connectivity index (χ1n) is 6.07. The van der Waals surface area contributed by atoms with Gasteiger partial charge in [-0.25, -0.2) is 0 Å². The number of nitrogens with zero attached hydrogens (tertiary/aromatic N) is 2. The molecule has 0 saturated carbocycles.